The van der Waals surface area contributed by atoms with E-state index in [4.69, 9.17) is 14.4 Å². The van der Waals surface area contributed by atoms with Crippen molar-refractivity contribution < 1.29 is 19.2 Å². The van der Waals surface area contributed by atoms with Crippen LogP contribution in [0.15, 0.2) is 4.52 Å². The van der Waals surface area contributed by atoms with Crippen LogP contribution in [0.2, 0.25) is 0 Å². The number of carbonyl (C=O) groups is 1. The highest BCUT2D eigenvalue weighted by Gasteiger charge is 2.12. The molecule has 1 atom stereocenters. The maximum Gasteiger partial charge on any atom is 0.227 e. The maximum absolute atomic E-state index is 11.5. The maximum atomic E-state index is 11.5. The van der Waals surface area contributed by atoms with E-state index in [0.717, 1.165) is 0 Å². The molecule has 1 unspecified atom stereocenters. The molecule has 7 heteroatoms. The third kappa shape index (κ3) is 4.92. The van der Waals surface area contributed by atoms with E-state index in [1.807, 2.05) is 0 Å². The Hall–Kier alpha value is -1.47. The van der Waals surface area contributed by atoms with Crippen molar-refractivity contribution >= 4 is 5.91 Å². The third-order valence-corrected chi connectivity index (χ3v) is 2.09. The molecule has 96 valence electrons. The minimum atomic E-state index is -0.378. The molecule has 0 bridgehead atoms. The minimum Gasteiger partial charge on any atom is -0.394 e. The molecule has 2 N–H and O–H groups in total. The average Bonchev–Trinajstić information content (AvgIpc) is 2.72. The van der Waals surface area contributed by atoms with Gasteiger partial charge < -0.3 is 19.7 Å². The third-order valence-electron chi connectivity index (χ3n) is 2.09. The monoisotopic (exact) mass is 243 g/mol. The quantitative estimate of drug-likeness (QED) is 0.666. The van der Waals surface area contributed by atoms with Gasteiger partial charge in [0, 0.05) is 20.0 Å². The van der Waals surface area contributed by atoms with Crippen LogP contribution in [0.3, 0.4) is 0 Å². The van der Waals surface area contributed by atoms with E-state index in [2.05, 4.69) is 15.5 Å². The molecule has 1 amide bonds. The lowest BCUT2D eigenvalue weighted by atomic mass is 10.2. The zero-order valence-corrected chi connectivity index (χ0v) is 9.97. The first kappa shape index (κ1) is 13.6. The van der Waals surface area contributed by atoms with Crippen LogP contribution in [0.25, 0.3) is 0 Å². The van der Waals surface area contributed by atoms with Crippen molar-refractivity contribution in [3.05, 3.63) is 11.7 Å². The Morgan fingerprint density at radius 1 is 1.65 bits per heavy atom. The van der Waals surface area contributed by atoms with Gasteiger partial charge in [-0.3, -0.25) is 4.79 Å². The number of aryl methyl sites for hydroxylation is 2. The van der Waals surface area contributed by atoms with E-state index in [1.165, 1.54) is 7.11 Å². The van der Waals surface area contributed by atoms with Crippen LogP contribution in [0.5, 0.6) is 0 Å². The van der Waals surface area contributed by atoms with Gasteiger partial charge >= 0.3 is 0 Å². The fourth-order valence-corrected chi connectivity index (χ4v) is 1.30. The predicted octanol–water partition coefficient (Wildman–Crippen LogP) is -0.566. The van der Waals surface area contributed by atoms with Gasteiger partial charge in [0.15, 0.2) is 5.82 Å². The van der Waals surface area contributed by atoms with E-state index in [0.29, 0.717) is 18.1 Å². The zero-order valence-electron chi connectivity index (χ0n) is 9.97. The molecule has 0 saturated carbocycles. The van der Waals surface area contributed by atoms with Crippen molar-refractivity contribution in [2.75, 3.05) is 20.3 Å². The van der Waals surface area contributed by atoms with Crippen LogP contribution < -0.4 is 5.32 Å². The van der Waals surface area contributed by atoms with E-state index < -0.39 is 0 Å². The van der Waals surface area contributed by atoms with Crippen LogP contribution in [-0.2, 0) is 16.0 Å². The number of rotatable bonds is 7. The zero-order chi connectivity index (χ0) is 12.7. The summed E-state index contributed by atoms with van der Waals surface area (Å²) in [6.45, 7) is 1.84. The number of amides is 1. The second kappa shape index (κ2) is 6.97. The van der Waals surface area contributed by atoms with Crippen molar-refractivity contribution in [2.45, 2.75) is 25.8 Å². The first-order valence-electron chi connectivity index (χ1n) is 5.34. The van der Waals surface area contributed by atoms with Crippen molar-refractivity contribution in [3.63, 3.8) is 0 Å². The van der Waals surface area contributed by atoms with Crippen molar-refractivity contribution in [2.24, 2.45) is 0 Å². The fourth-order valence-electron chi connectivity index (χ4n) is 1.30. The summed E-state index contributed by atoms with van der Waals surface area (Å²) in [6, 6.07) is -0.378. The number of hydrogen-bond acceptors (Lipinski definition) is 6. The largest absolute Gasteiger partial charge is 0.394 e. The highest BCUT2D eigenvalue weighted by Crippen LogP contribution is 2.00. The smallest absolute Gasteiger partial charge is 0.227 e. The van der Waals surface area contributed by atoms with Crippen molar-refractivity contribution in [1.29, 1.82) is 0 Å². The average molecular weight is 243 g/mol. The molecule has 1 rings (SSSR count). The van der Waals surface area contributed by atoms with Crippen LogP contribution in [0, 0.1) is 6.92 Å². The lowest BCUT2D eigenvalue weighted by molar-refractivity contribution is -0.122. The fraction of sp³-hybridized carbons (Fsp3) is 0.700. The first-order valence-corrected chi connectivity index (χ1v) is 5.34. The molecule has 0 radical (unpaired) electrons. The van der Waals surface area contributed by atoms with Crippen LogP contribution in [0.1, 0.15) is 18.1 Å². The standard InChI is InChI=1S/C10H17N3O4/c1-7-11-10(17-13-7)4-3-9(15)12-8(5-14)6-16-2/h8,14H,3-6H2,1-2H3,(H,12,15). The number of nitrogens with zero attached hydrogens (tertiary/aromatic N) is 2. The number of carbonyl (C=O) groups excluding carboxylic acids is 1. The SMILES string of the molecule is COCC(CO)NC(=O)CCc1nc(C)no1. The van der Waals surface area contributed by atoms with Gasteiger partial charge in [0.25, 0.3) is 0 Å². The highest BCUT2D eigenvalue weighted by molar-refractivity contribution is 5.76. The molecule has 1 aromatic heterocycles. The molecule has 7 nitrogen and oxygen atoms in total. The minimum absolute atomic E-state index is 0.154. The summed E-state index contributed by atoms with van der Waals surface area (Å²) < 4.78 is 9.72. The summed E-state index contributed by atoms with van der Waals surface area (Å²) in [6.07, 6.45) is 0.625. The Balaban J connectivity index is 2.29. The summed E-state index contributed by atoms with van der Waals surface area (Å²) in [4.78, 5) is 15.5. The molecule has 0 fully saturated rings. The molecular formula is C10H17N3O4. The van der Waals surface area contributed by atoms with Gasteiger partial charge in [-0.2, -0.15) is 4.98 Å². The molecule has 0 aromatic carbocycles. The van der Waals surface area contributed by atoms with E-state index in [-0.39, 0.29) is 31.6 Å². The lowest BCUT2D eigenvalue weighted by Gasteiger charge is -2.14. The Morgan fingerprint density at radius 2 is 2.41 bits per heavy atom. The van der Waals surface area contributed by atoms with Gasteiger partial charge in [0.2, 0.25) is 11.8 Å². The number of methoxy groups -OCH3 is 1. The summed E-state index contributed by atoms with van der Waals surface area (Å²) in [5, 5.41) is 15.2. The number of aliphatic hydroxyl groups excluding tert-OH is 1. The predicted molar refractivity (Wildman–Crippen MR) is 58.2 cm³/mol. The lowest BCUT2D eigenvalue weighted by Crippen LogP contribution is -2.40. The Kier molecular flexibility index (Phi) is 5.58. The molecule has 17 heavy (non-hydrogen) atoms. The highest BCUT2D eigenvalue weighted by atomic mass is 16.5. The van der Waals surface area contributed by atoms with Gasteiger partial charge in [-0.1, -0.05) is 5.16 Å². The summed E-state index contributed by atoms with van der Waals surface area (Å²) >= 11 is 0. The Morgan fingerprint density at radius 3 is 2.94 bits per heavy atom. The number of aliphatic hydroxyl groups is 1. The summed E-state index contributed by atoms with van der Waals surface area (Å²) in [5.41, 5.74) is 0. The van der Waals surface area contributed by atoms with Crippen molar-refractivity contribution in [1.82, 2.24) is 15.5 Å². The topological polar surface area (TPSA) is 97.5 Å². The van der Waals surface area contributed by atoms with Crippen molar-refractivity contribution in [3.8, 4) is 0 Å². The molecule has 1 heterocycles. The molecule has 1 aromatic rings. The Labute approximate surface area is 99.2 Å². The van der Waals surface area contributed by atoms with Gasteiger partial charge in [0.05, 0.1) is 19.3 Å². The van der Waals surface area contributed by atoms with Gasteiger partial charge in [-0.05, 0) is 6.92 Å². The van der Waals surface area contributed by atoms with E-state index >= 15 is 0 Å². The van der Waals surface area contributed by atoms with Crippen LogP contribution >= 0.6 is 0 Å². The van der Waals surface area contributed by atoms with Gasteiger partial charge in [-0.15, -0.1) is 0 Å². The van der Waals surface area contributed by atoms with Gasteiger partial charge in [0.1, 0.15) is 0 Å². The second-order valence-electron chi connectivity index (χ2n) is 3.64. The number of nitrogens with one attached hydrogen (secondary N) is 1. The number of hydrogen-bond donors (Lipinski definition) is 2. The normalized spacial score (nSPS) is 12.4. The molecule has 0 aliphatic carbocycles. The Bertz CT molecular complexity index is 353. The molecule has 0 aliphatic rings. The van der Waals surface area contributed by atoms with Crippen LogP contribution in [0.4, 0.5) is 0 Å². The van der Waals surface area contributed by atoms with Gasteiger partial charge in [-0.25, -0.2) is 0 Å². The summed E-state index contributed by atoms with van der Waals surface area (Å²) in [7, 11) is 1.51. The molecule has 0 aliphatic heterocycles. The second-order valence-corrected chi connectivity index (χ2v) is 3.64. The first-order chi connectivity index (χ1) is 8.15. The molecule has 0 spiro atoms. The van der Waals surface area contributed by atoms with Crippen LogP contribution in [-0.4, -0.2) is 47.5 Å². The van der Waals surface area contributed by atoms with E-state index in [1.54, 1.807) is 6.92 Å². The number of aromatic nitrogens is 2. The molecular weight excluding hydrogens is 226 g/mol. The van der Waals surface area contributed by atoms with E-state index in [9.17, 15) is 4.79 Å². The molecule has 0 saturated heterocycles. The summed E-state index contributed by atoms with van der Waals surface area (Å²) in [5.74, 6) is 0.801. The number of ether oxygens (including phenoxy) is 1.